The smallest absolute Gasteiger partial charge is 0.314 e. The Kier molecular flexibility index (Phi) is 10.4. The topological polar surface area (TPSA) is 203 Å². The average Bonchev–Trinajstić information content (AvgIpc) is 3.06. The van der Waals surface area contributed by atoms with Crippen molar-refractivity contribution >= 4 is 57.5 Å². The molecule has 4 aromatic carbocycles. The van der Waals surface area contributed by atoms with Gasteiger partial charge in [-0.05, 0) is 48.5 Å². The SMILES string of the molecule is O=C(Nc1ccccc1N/C=C/C(=O)c1ccc([N+](=O)[O-])cc1)C(=O)Nc1ccccc1N/C=C/C(=O)c1ccc([N+](=O)[O-])cc1. The number of benzene rings is 4. The Morgan fingerprint density at radius 3 is 1.15 bits per heavy atom. The third kappa shape index (κ3) is 8.54. The molecule has 14 nitrogen and oxygen atoms in total. The van der Waals surface area contributed by atoms with Gasteiger partial charge in [-0.2, -0.15) is 0 Å². The zero-order valence-electron chi connectivity index (χ0n) is 23.7. The molecule has 0 unspecified atom stereocenters. The summed E-state index contributed by atoms with van der Waals surface area (Å²) in [5, 5.41) is 32.3. The number of nitro benzene ring substituents is 2. The molecule has 4 aromatic rings. The summed E-state index contributed by atoms with van der Waals surface area (Å²) < 4.78 is 0. The molecule has 4 rings (SSSR count). The van der Waals surface area contributed by atoms with Gasteiger partial charge in [-0.15, -0.1) is 0 Å². The van der Waals surface area contributed by atoms with Crippen LogP contribution < -0.4 is 21.3 Å². The predicted molar refractivity (Wildman–Crippen MR) is 171 cm³/mol. The average molecular weight is 621 g/mol. The number of nitro groups is 2. The first kappa shape index (κ1) is 32.0. The molecule has 0 radical (unpaired) electrons. The van der Waals surface area contributed by atoms with Gasteiger partial charge >= 0.3 is 11.8 Å². The number of ketones is 2. The van der Waals surface area contributed by atoms with Crippen LogP contribution >= 0.6 is 0 Å². The van der Waals surface area contributed by atoms with Crippen LogP contribution in [0.5, 0.6) is 0 Å². The van der Waals surface area contributed by atoms with Gasteiger partial charge in [-0.3, -0.25) is 39.4 Å². The highest BCUT2D eigenvalue weighted by Crippen LogP contribution is 2.23. The number of rotatable bonds is 12. The highest BCUT2D eigenvalue weighted by atomic mass is 16.6. The Hall–Kier alpha value is -6.96. The number of anilines is 4. The molecule has 0 fully saturated rings. The number of nitrogens with one attached hydrogen (secondary N) is 4. The fourth-order valence-electron chi connectivity index (χ4n) is 3.90. The molecule has 2 amide bonds. The number of para-hydroxylation sites is 4. The van der Waals surface area contributed by atoms with Crippen molar-refractivity contribution in [2.75, 3.05) is 21.3 Å². The lowest BCUT2D eigenvalue weighted by Crippen LogP contribution is -2.29. The molecule has 0 saturated heterocycles. The second kappa shape index (κ2) is 15.0. The van der Waals surface area contributed by atoms with Crippen molar-refractivity contribution in [2.45, 2.75) is 0 Å². The van der Waals surface area contributed by atoms with E-state index >= 15 is 0 Å². The highest BCUT2D eigenvalue weighted by molar-refractivity contribution is 6.44. The second-order valence-corrected chi connectivity index (χ2v) is 9.29. The van der Waals surface area contributed by atoms with Crippen LogP contribution in [0.3, 0.4) is 0 Å². The minimum atomic E-state index is -0.987. The van der Waals surface area contributed by atoms with E-state index in [1.807, 2.05) is 0 Å². The van der Waals surface area contributed by atoms with Crippen molar-refractivity contribution in [1.82, 2.24) is 0 Å². The molecule has 0 aliphatic carbocycles. The molecule has 0 bridgehead atoms. The number of allylic oxidation sites excluding steroid dienone is 2. The number of hydrogen-bond acceptors (Lipinski definition) is 10. The van der Waals surface area contributed by atoms with E-state index in [-0.39, 0.29) is 33.9 Å². The van der Waals surface area contributed by atoms with Crippen LogP contribution in [0.15, 0.2) is 122 Å². The first-order valence-corrected chi connectivity index (χ1v) is 13.4. The molecule has 0 atom stereocenters. The van der Waals surface area contributed by atoms with Gasteiger partial charge in [0.15, 0.2) is 11.6 Å². The summed E-state index contributed by atoms with van der Waals surface area (Å²) in [7, 11) is 0. The van der Waals surface area contributed by atoms with Gasteiger partial charge in [-0.1, -0.05) is 24.3 Å². The van der Waals surface area contributed by atoms with Crippen molar-refractivity contribution in [2.24, 2.45) is 0 Å². The molecule has 0 heterocycles. The Labute approximate surface area is 260 Å². The number of nitrogens with zero attached hydrogens (tertiary/aromatic N) is 2. The Bertz CT molecular complexity index is 1730. The zero-order valence-corrected chi connectivity index (χ0v) is 23.7. The summed E-state index contributed by atoms with van der Waals surface area (Å²) in [6, 6.07) is 23.2. The van der Waals surface area contributed by atoms with Crippen LogP contribution in [0.2, 0.25) is 0 Å². The molecular formula is C32H24N6O8. The predicted octanol–water partition coefficient (Wildman–Crippen LogP) is 5.70. The summed E-state index contributed by atoms with van der Waals surface area (Å²) >= 11 is 0. The Morgan fingerprint density at radius 1 is 0.500 bits per heavy atom. The largest absolute Gasteiger partial charge is 0.360 e. The van der Waals surface area contributed by atoms with E-state index in [0.29, 0.717) is 11.4 Å². The molecule has 4 N–H and O–H groups in total. The molecule has 46 heavy (non-hydrogen) atoms. The number of hydrogen-bond donors (Lipinski definition) is 4. The lowest BCUT2D eigenvalue weighted by atomic mass is 10.1. The van der Waals surface area contributed by atoms with Crippen LogP contribution in [0.25, 0.3) is 0 Å². The van der Waals surface area contributed by atoms with E-state index < -0.39 is 33.2 Å². The standard InChI is InChI=1S/C32H24N6O8/c39-29(21-9-13-23(14-10-21)37(43)44)17-19-33-25-5-1-3-7-27(25)35-31(41)32(42)36-28-8-4-2-6-26(28)34-20-18-30(40)22-11-15-24(16-12-22)38(45)46/h1-20,33-34H,(H,35,41)(H,36,42)/b19-17+,20-18+. The lowest BCUT2D eigenvalue weighted by molar-refractivity contribution is -0.385. The minimum Gasteiger partial charge on any atom is -0.360 e. The third-order valence-corrected chi connectivity index (χ3v) is 6.23. The first-order chi connectivity index (χ1) is 22.1. The molecule has 0 spiro atoms. The van der Waals surface area contributed by atoms with Gasteiger partial charge in [0.1, 0.15) is 0 Å². The van der Waals surface area contributed by atoms with Crippen molar-refractivity contribution in [3.8, 4) is 0 Å². The molecule has 230 valence electrons. The summed E-state index contributed by atoms with van der Waals surface area (Å²) in [4.78, 5) is 70.8. The second-order valence-electron chi connectivity index (χ2n) is 9.29. The monoisotopic (exact) mass is 620 g/mol. The quantitative estimate of drug-likeness (QED) is 0.0500. The van der Waals surface area contributed by atoms with Gasteiger partial charge in [-0.25, -0.2) is 0 Å². The molecule has 0 aliphatic rings. The summed E-state index contributed by atoms with van der Waals surface area (Å²) in [6.45, 7) is 0. The van der Waals surface area contributed by atoms with Gasteiger partial charge < -0.3 is 21.3 Å². The lowest BCUT2D eigenvalue weighted by Gasteiger charge is -2.13. The fraction of sp³-hybridized carbons (Fsp3) is 0. The van der Waals surface area contributed by atoms with E-state index in [1.54, 1.807) is 48.5 Å². The maximum Gasteiger partial charge on any atom is 0.314 e. The van der Waals surface area contributed by atoms with Gasteiger partial charge in [0, 0.05) is 59.9 Å². The summed E-state index contributed by atoms with van der Waals surface area (Å²) in [5.74, 6) is -2.81. The molecular weight excluding hydrogens is 596 g/mol. The minimum absolute atomic E-state index is 0.141. The first-order valence-electron chi connectivity index (χ1n) is 13.4. The number of carbonyl (C=O) groups excluding carboxylic acids is 4. The van der Waals surface area contributed by atoms with E-state index in [4.69, 9.17) is 0 Å². The fourth-order valence-corrected chi connectivity index (χ4v) is 3.90. The maximum absolute atomic E-state index is 12.8. The van der Waals surface area contributed by atoms with Crippen molar-refractivity contribution in [3.05, 3.63) is 153 Å². The van der Waals surface area contributed by atoms with Crippen molar-refractivity contribution in [3.63, 3.8) is 0 Å². The normalized spacial score (nSPS) is 10.7. The van der Waals surface area contributed by atoms with Crippen molar-refractivity contribution < 1.29 is 29.0 Å². The van der Waals surface area contributed by atoms with E-state index in [9.17, 15) is 39.4 Å². The van der Waals surface area contributed by atoms with Gasteiger partial charge in [0.05, 0.1) is 32.6 Å². The number of amides is 2. The number of carbonyl (C=O) groups is 4. The van der Waals surface area contributed by atoms with Gasteiger partial charge in [0.25, 0.3) is 11.4 Å². The van der Waals surface area contributed by atoms with E-state index in [0.717, 1.165) is 0 Å². The highest BCUT2D eigenvalue weighted by Gasteiger charge is 2.17. The molecule has 0 saturated carbocycles. The van der Waals surface area contributed by atoms with Crippen LogP contribution in [-0.4, -0.2) is 33.2 Å². The van der Waals surface area contributed by atoms with E-state index in [1.165, 1.54) is 73.1 Å². The van der Waals surface area contributed by atoms with Crippen LogP contribution in [0, 0.1) is 20.2 Å². The van der Waals surface area contributed by atoms with Gasteiger partial charge in [0.2, 0.25) is 0 Å². The summed E-state index contributed by atoms with van der Waals surface area (Å²) in [6.07, 6.45) is 5.09. The summed E-state index contributed by atoms with van der Waals surface area (Å²) in [5.41, 5.74) is 1.44. The van der Waals surface area contributed by atoms with Crippen molar-refractivity contribution in [1.29, 1.82) is 0 Å². The molecule has 0 aliphatic heterocycles. The van der Waals surface area contributed by atoms with E-state index in [2.05, 4.69) is 21.3 Å². The molecule has 14 heteroatoms. The third-order valence-electron chi connectivity index (χ3n) is 6.23. The zero-order chi connectivity index (χ0) is 33.1. The Morgan fingerprint density at radius 2 is 0.826 bits per heavy atom. The molecule has 0 aromatic heterocycles. The van der Waals surface area contributed by atoms with Crippen LogP contribution in [0.1, 0.15) is 20.7 Å². The number of non-ortho nitro benzene ring substituents is 2. The van der Waals surface area contributed by atoms with Crippen LogP contribution in [-0.2, 0) is 9.59 Å². The Balaban J connectivity index is 1.35. The van der Waals surface area contributed by atoms with Crippen LogP contribution in [0.4, 0.5) is 34.1 Å². The maximum atomic E-state index is 12.8.